The molecule has 1 N–H and O–H groups in total. The van der Waals surface area contributed by atoms with Crippen molar-refractivity contribution < 1.29 is 18.3 Å². The smallest absolute Gasteiger partial charge is 0.266 e. The Kier molecular flexibility index (Phi) is 5.27. The van der Waals surface area contributed by atoms with Crippen LogP contribution in [0.1, 0.15) is 12.5 Å². The van der Waals surface area contributed by atoms with E-state index in [-0.39, 0.29) is 22.3 Å². The molecule has 0 aliphatic carbocycles. The molecule has 0 bridgehead atoms. The number of ether oxygens (including phenoxy) is 1. The lowest BCUT2D eigenvalue weighted by atomic mass is 10.1. The first-order valence-electron chi connectivity index (χ1n) is 7.87. The molecule has 1 heterocycles. The molecular weight excluding hydrogens is 358 g/mol. The van der Waals surface area contributed by atoms with Gasteiger partial charge in [-0.2, -0.15) is 0 Å². The summed E-state index contributed by atoms with van der Waals surface area (Å²) in [4.78, 5) is 16.4. The van der Waals surface area contributed by atoms with Crippen LogP contribution in [0.5, 0.6) is 5.75 Å². The summed E-state index contributed by atoms with van der Waals surface area (Å²) in [5.74, 6) is -0.924. The molecule has 3 aromatic rings. The lowest BCUT2D eigenvalue weighted by Crippen LogP contribution is -2.30. The molecule has 2 aromatic carbocycles. The summed E-state index contributed by atoms with van der Waals surface area (Å²) in [7, 11) is 0. The number of carbonyl (C=O) groups is 1. The molecule has 0 saturated carbocycles. The van der Waals surface area contributed by atoms with E-state index in [9.17, 15) is 13.6 Å². The van der Waals surface area contributed by atoms with E-state index in [0.29, 0.717) is 5.75 Å². The van der Waals surface area contributed by atoms with Gasteiger partial charge in [0.2, 0.25) is 0 Å². The number of aryl methyl sites for hydroxylation is 1. The lowest BCUT2D eigenvalue weighted by Gasteiger charge is -2.14. The third-order valence-corrected chi connectivity index (χ3v) is 4.37. The second-order valence-electron chi connectivity index (χ2n) is 5.73. The lowest BCUT2D eigenvalue weighted by molar-refractivity contribution is -0.122. The van der Waals surface area contributed by atoms with Crippen molar-refractivity contribution in [2.75, 3.05) is 5.32 Å². The molecule has 0 saturated heterocycles. The average molecular weight is 374 g/mol. The molecule has 1 amide bonds. The molecule has 1 atom stereocenters. The number of benzene rings is 2. The predicted molar refractivity (Wildman–Crippen MR) is 97.4 cm³/mol. The number of hydrogen-bond donors (Lipinski definition) is 1. The van der Waals surface area contributed by atoms with Crippen LogP contribution in [-0.4, -0.2) is 17.0 Å². The fraction of sp³-hybridized carbons (Fsp3) is 0.158. The van der Waals surface area contributed by atoms with Crippen molar-refractivity contribution in [3.8, 4) is 17.0 Å². The molecule has 0 fully saturated rings. The Morgan fingerprint density at radius 1 is 1.23 bits per heavy atom. The maximum Gasteiger partial charge on any atom is 0.266 e. The minimum Gasteiger partial charge on any atom is -0.481 e. The summed E-state index contributed by atoms with van der Waals surface area (Å²) in [5, 5.41) is 4.47. The van der Waals surface area contributed by atoms with Gasteiger partial charge in [0.1, 0.15) is 17.4 Å². The highest BCUT2D eigenvalue weighted by Crippen LogP contribution is 2.27. The third-order valence-electron chi connectivity index (χ3n) is 3.61. The van der Waals surface area contributed by atoms with Gasteiger partial charge in [0.25, 0.3) is 5.91 Å². The monoisotopic (exact) mass is 374 g/mol. The van der Waals surface area contributed by atoms with E-state index in [1.165, 1.54) is 0 Å². The molecule has 26 heavy (non-hydrogen) atoms. The van der Waals surface area contributed by atoms with Gasteiger partial charge >= 0.3 is 0 Å². The van der Waals surface area contributed by atoms with Crippen molar-refractivity contribution in [2.45, 2.75) is 20.0 Å². The van der Waals surface area contributed by atoms with E-state index in [1.807, 2.05) is 25.1 Å². The third kappa shape index (κ3) is 4.23. The van der Waals surface area contributed by atoms with E-state index in [0.717, 1.165) is 35.1 Å². The molecule has 0 aliphatic heterocycles. The molecular formula is C19H16F2N2O2S. The summed E-state index contributed by atoms with van der Waals surface area (Å²) in [5.41, 5.74) is 1.33. The van der Waals surface area contributed by atoms with Crippen LogP contribution in [0.4, 0.5) is 13.9 Å². The molecule has 7 heteroatoms. The molecule has 1 aromatic heterocycles. The Bertz CT molecular complexity index is 943. The number of thiazole rings is 1. The van der Waals surface area contributed by atoms with Gasteiger partial charge in [-0.05, 0) is 49.7 Å². The summed E-state index contributed by atoms with van der Waals surface area (Å²) in [6.07, 6.45) is -0.741. The first kappa shape index (κ1) is 18.0. The maximum atomic E-state index is 13.8. The molecule has 0 aliphatic rings. The number of anilines is 1. The molecule has 3 rings (SSSR count). The van der Waals surface area contributed by atoms with Crippen molar-refractivity contribution in [3.05, 3.63) is 65.0 Å². The number of nitrogens with one attached hydrogen (secondary N) is 1. The van der Waals surface area contributed by atoms with Gasteiger partial charge in [0.05, 0.1) is 5.69 Å². The summed E-state index contributed by atoms with van der Waals surface area (Å²) >= 11 is 1.13. The van der Waals surface area contributed by atoms with Crippen molar-refractivity contribution in [3.63, 3.8) is 0 Å². The SMILES string of the molecule is Cc1cccc(O[C@H](C)C(=O)Nc2nc(-c3cc(F)ccc3F)cs2)c1. The number of hydrogen-bond acceptors (Lipinski definition) is 4. The van der Waals surface area contributed by atoms with Gasteiger partial charge in [-0.3, -0.25) is 10.1 Å². The largest absolute Gasteiger partial charge is 0.481 e. The van der Waals surface area contributed by atoms with Crippen LogP contribution < -0.4 is 10.1 Å². The van der Waals surface area contributed by atoms with Crippen LogP contribution in [0.15, 0.2) is 47.8 Å². The maximum absolute atomic E-state index is 13.8. The van der Waals surface area contributed by atoms with Crippen LogP contribution >= 0.6 is 11.3 Å². The Morgan fingerprint density at radius 2 is 2.04 bits per heavy atom. The topological polar surface area (TPSA) is 51.2 Å². The Hall–Kier alpha value is -2.80. The Morgan fingerprint density at radius 3 is 2.81 bits per heavy atom. The van der Waals surface area contributed by atoms with Gasteiger partial charge in [-0.1, -0.05) is 12.1 Å². The Balaban J connectivity index is 1.68. The predicted octanol–water partition coefficient (Wildman–Crippen LogP) is 4.80. The fourth-order valence-electron chi connectivity index (χ4n) is 2.30. The van der Waals surface area contributed by atoms with Crippen molar-refractivity contribution in [1.29, 1.82) is 0 Å². The van der Waals surface area contributed by atoms with Gasteiger partial charge in [-0.25, -0.2) is 13.8 Å². The molecule has 0 unspecified atom stereocenters. The Labute approximate surface area is 153 Å². The zero-order valence-electron chi connectivity index (χ0n) is 14.1. The zero-order chi connectivity index (χ0) is 18.7. The second kappa shape index (κ2) is 7.61. The minimum absolute atomic E-state index is 0.0470. The van der Waals surface area contributed by atoms with Crippen molar-refractivity contribution in [1.82, 2.24) is 4.98 Å². The van der Waals surface area contributed by atoms with Crippen LogP contribution in [0.2, 0.25) is 0 Å². The summed E-state index contributed by atoms with van der Waals surface area (Å²) in [6.45, 7) is 3.55. The number of rotatable bonds is 5. The van der Waals surface area contributed by atoms with Crippen molar-refractivity contribution >= 4 is 22.4 Å². The first-order valence-corrected chi connectivity index (χ1v) is 8.75. The highest BCUT2D eigenvalue weighted by Gasteiger charge is 2.17. The summed E-state index contributed by atoms with van der Waals surface area (Å²) < 4.78 is 32.7. The molecule has 0 spiro atoms. The highest BCUT2D eigenvalue weighted by molar-refractivity contribution is 7.14. The number of nitrogens with zero attached hydrogens (tertiary/aromatic N) is 1. The minimum atomic E-state index is -0.741. The van der Waals surface area contributed by atoms with E-state index >= 15 is 0 Å². The standard InChI is InChI=1S/C19H16F2N2O2S/c1-11-4-3-5-14(8-11)25-12(2)18(24)23-19-22-17(10-26-19)15-9-13(20)6-7-16(15)21/h3-10,12H,1-2H3,(H,22,23,24)/t12-/m1/s1. The highest BCUT2D eigenvalue weighted by atomic mass is 32.1. The van der Waals surface area contributed by atoms with E-state index in [2.05, 4.69) is 10.3 Å². The van der Waals surface area contributed by atoms with E-state index in [1.54, 1.807) is 18.4 Å². The van der Waals surface area contributed by atoms with Gasteiger partial charge in [0.15, 0.2) is 11.2 Å². The van der Waals surface area contributed by atoms with Crippen LogP contribution in [0.3, 0.4) is 0 Å². The van der Waals surface area contributed by atoms with E-state index in [4.69, 9.17) is 4.74 Å². The van der Waals surface area contributed by atoms with Crippen LogP contribution in [-0.2, 0) is 4.79 Å². The van der Waals surface area contributed by atoms with Gasteiger partial charge in [0, 0.05) is 10.9 Å². The summed E-state index contributed by atoms with van der Waals surface area (Å²) in [6, 6.07) is 10.5. The van der Waals surface area contributed by atoms with Gasteiger partial charge in [-0.15, -0.1) is 11.3 Å². The average Bonchev–Trinajstić information content (AvgIpc) is 3.05. The van der Waals surface area contributed by atoms with Gasteiger partial charge < -0.3 is 4.74 Å². The van der Waals surface area contributed by atoms with Crippen molar-refractivity contribution in [2.24, 2.45) is 0 Å². The molecule has 4 nitrogen and oxygen atoms in total. The number of carbonyl (C=O) groups excluding carboxylic acids is 1. The normalized spacial score (nSPS) is 11.8. The second-order valence-corrected chi connectivity index (χ2v) is 6.59. The fourth-order valence-corrected chi connectivity index (χ4v) is 3.02. The number of halogens is 2. The number of aromatic nitrogens is 1. The van der Waals surface area contributed by atoms with Crippen LogP contribution in [0, 0.1) is 18.6 Å². The first-order chi connectivity index (χ1) is 12.4. The van der Waals surface area contributed by atoms with Crippen LogP contribution in [0.25, 0.3) is 11.3 Å². The van der Waals surface area contributed by atoms with E-state index < -0.39 is 17.7 Å². The molecule has 0 radical (unpaired) electrons. The number of amides is 1. The zero-order valence-corrected chi connectivity index (χ0v) is 14.9. The molecule has 134 valence electrons. The quantitative estimate of drug-likeness (QED) is 0.698.